The van der Waals surface area contributed by atoms with Gasteiger partial charge in [0, 0.05) is 16.8 Å². The van der Waals surface area contributed by atoms with Crippen LogP contribution in [0.15, 0.2) is 42.6 Å². The highest BCUT2D eigenvalue weighted by atomic mass is 35.5. The van der Waals surface area contributed by atoms with Crippen molar-refractivity contribution in [3.8, 4) is 11.3 Å². The lowest BCUT2D eigenvalue weighted by Gasteiger charge is -2.16. The summed E-state index contributed by atoms with van der Waals surface area (Å²) < 4.78 is 0. The minimum Gasteiger partial charge on any atom is -0.394 e. The summed E-state index contributed by atoms with van der Waals surface area (Å²) in [6, 6.07) is 10.4. The molecule has 0 unspecified atom stereocenters. The number of benzene rings is 1. The van der Waals surface area contributed by atoms with Crippen LogP contribution in [-0.2, 0) is 0 Å². The van der Waals surface area contributed by atoms with Crippen LogP contribution in [0.4, 0.5) is 0 Å². The van der Waals surface area contributed by atoms with E-state index in [0.717, 1.165) is 5.56 Å². The molecule has 0 amide bonds. The lowest BCUT2D eigenvalue weighted by molar-refractivity contribution is -0.0152. The van der Waals surface area contributed by atoms with E-state index in [1.54, 1.807) is 30.5 Å². The second-order valence-corrected chi connectivity index (χ2v) is 4.61. The van der Waals surface area contributed by atoms with Gasteiger partial charge in [0.05, 0.1) is 12.3 Å². The van der Waals surface area contributed by atoms with Gasteiger partial charge in [0.1, 0.15) is 12.2 Å². The molecule has 5 heteroatoms. The van der Waals surface area contributed by atoms with Crippen molar-refractivity contribution in [2.75, 3.05) is 6.61 Å². The Balaban J connectivity index is 2.31. The summed E-state index contributed by atoms with van der Waals surface area (Å²) >= 11 is 5.82. The van der Waals surface area contributed by atoms with E-state index in [4.69, 9.17) is 16.7 Å². The first kappa shape index (κ1) is 14.0. The first-order valence-corrected chi connectivity index (χ1v) is 6.18. The molecule has 2 atom stereocenters. The van der Waals surface area contributed by atoms with Crippen LogP contribution >= 0.6 is 11.6 Å². The number of aliphatic hydroxyl groups is 3. The summed E-state index contributed by atoms with van der Waals surface area (Å²) in [6.07, 6.45) is -0.799. The molecule has 1 aromatic heterocycles. The molecule has 3 N–H and O–H groups in total. The first-order valence-electron chi connectivity index (χ1n) is 5.80. The van der Waals surface area contributed by atoms with E-state index in [1.807, 2.05) is 12.1 Å². The normalized spacial score (nSPS) is 14.1. The molecule has 0 aliphatic heterocycles. The first-order chi connectivity index (χ1) is 9.11. The summed E-state index contributed by atoms with van der Waals surface area (Å²) in [6.45, 7) is -0.500. The average Bonchev–Trinajstić information content (AvgIpc) is 2.46. The van der Waals surface area contributed by atoms with Crippen molar-refractivity contribution >= 4 is 11.6 Å². The Morgan fingerprint density at radius 1 is 1.11 bits per heavy atom. The molecular formula is C14H14ClNO3. The van der Waals surface area contributed by atoms with Crippen molar-refractivity contribution in [3.05, 3.63) is 53.2 Å². The van der Waals surface area contributed by atoms with Crippen LogP contribution in [0.25, 0.3) is 11.3 Å². The molecule has 2 aromatic rings. The summed E-state index contributed by atoms with van der Waals surface area (Å²) in [4.78, 5) is 4.21. The van der Waals surface area contributed by atoms with Gasteiger partial charge in [-0.3, -0.25) is 4.98 Å². The van der Waals surface area contributed by atoms with Gasteiger partial charge in [-0.2, -0.15) is 0 Å². The van der Waals surface area contributed by atoms with Crippen molar-refractivity contribution in [2.24, 2.45) is 0 Å². The Kier molecular flexibility index (Phi) is 4.50. The Bertz CT molecular complexity index is 545. The number of rotatable bonds is 4. The van der Waals surface area contributed by atoms with Crippen LogP contribution in [0.5, 0.6) is 0 Å². The van der Waals surface area contributed by atoms with Gasteiger partial charge in [-0.25, -0.2) is 0 Å². The van der Waals surface area contributed by atoms with Crippen LogP contribution in [0.2, 0.25) is 5.02 Å². The van der Waals surface area contributed by atoms with Gasteiger partial charge < -0.3 is 15.3 Å². The van der Waals surface area contributed by atoms with Crippen LogP contribution in [0.3, 0.4) is 0 Å². The number of hydrogen-bond acceptors (Lipinski definition) is 4. The van der Waals surface area contributed by atoms with Gasteiger partial charge in [-0.1, -0.05) is 23.7 Å². The van der Waals surface area contributed by atoms with Crippen LogP contribution in [-0.4, -0.2) is 33.0 Å². The lowest BCUT2D eigenvalue weighted by Crippen LogP contribution is -2.22. The van der Waals surface area contributed by atoms with Crippen LogP contribution < -0.4 is 0 Å². The van der Waals surface area contributed by atoms with Gasteiger partial charge in [-0.15, -0.1) is 0 Å². The van der Waals surface area contributed by atoms with Gasteiger partial charge in [0.15, 0.2) is 0 Å². The topological polar surface area (TPSA) is 73.6 Å². The fraction of sp³-hybridized carbons (Fsp3) is 0.214. The fourth-order valence-corrected chi connectivity index (χ4v) is 1.86. The zero-order valence-corrected chi connectivity index (χ0v) is 10.8. The zero-order valence-electron chi connectivity index (χ0n) is 10.1. The Labute approximate surface area is 115 Å². The van der Waals surface area contributed by atoms with E-state index >= 15 is 0 Å². The molecule has 4 nitrogen and oxygen atoms in total. The predicted octanol–water partition coefficient (Wildman–Crippen LogP) is 1.79. The number of hydrogen-bond donors (Lipinski definition) is 3. The van der Waals surface area contributed by atoms with E-state index < -0.39 is 18.8 Å². The van der Waals surface area contributed by atoms with Gasteiger partial charge in [0.25, 0.3) is 0 Å². The monoisotopic (exact) mass is 279 g/mol. The zero-order chi connectivity index (χ0) is 13.8. The van der Waals surface area contributed by atoms with E-state index in [2.05, 4.69) is 4.98 Å². The summed E-state index contributed by atoms with van der Waals surface area (Å²) in [7, 11) is 0. The number of aliphatic hydroxyl groups excluding tert-OH is 3. The molecule has 0 spiro atoms. The van der Waals surface area contributed by atoms with Gasteiger partial charge in [-0.05, 0) is 29.8 Å². The quantitative estimate of drug-likeness (QED) is 0.798. The molecule has 0 fully saturated rings. The van der Waals surface area contributed by atoms with E-state index in [1.165, 1.54) is 0 Å². The highest BCUT2D eigenvalue weighted by Crippen LogP contribution is 2.24. The molecule has 100 valence electrons. The van der Waals surface area contributed by atoms with Crippen LogP contribution in [0, 0.1) is 0 Å². The molecule has 2 rings (SSSR count). The van der Waals surface area contributed by atoms with Crippen LogP contribution in [0.1, 0.15) is 11.7 Å². The number of aromatic nitrogens is 1. The lowest BCUT2D eigenvalue weighted by atomic mass is 10.0. The molecule has 0 saturated carbocycles. The molecule has 0 radical (unpaired) electrons. The predicted molar refractivity (Wildman–Crippen MR) is 72.7 cm³/mol. The highest BCUT2D eigenvalue weighted by molar-refractivity contribution is 6.30. The van der Waals surface area contributed by atoms with Crippen molar-refractivity contribution in [3.63, 3.8) is 0 Å². The summed E-state index contributed by atoms with van der Waals surface area (Å²) in [5.74, 6) is 0. The largest absolute Gasteiger partial charge is 0.394 e. The molecule has 0 bridgehead atoms. The van der Waals surface area contributed by atoms with E-state index in [-0.39, 0.29) is 0 Å². The molecular weight excluding hydrogens is 266 g/mol. The van der Waals surface area contributed by atoms with E-state index in [9.17, 15) is 10.2 Å². The minimum atomic E-state index is -1.21. The third kappa shape index (κ3) is 3.30. The number of nitrogens with zero attached hydrogens (tertiary/aromatic N) is 1. The fourth-order valence-electron chi connectivity index (χ4n) is 1.73. The standard InChI is InChI=1S/C14H14ClNO3/c15-11-3-1-9(2-4-11)12-7-10(5-6-16-12)14(19)13(18)8-17/h1-7,13-14,17-19H,8H2/t13-,14-/m1/s1. The number of pyridine rings is 1. The summed E-state index contributed by atoms with van der Waals surface area (Å²) in [5, 5.41) is 28.8. The van der Waals surface area contributed by atoms with Gasteiger partial charge in [0.2, 0.25) is 0 Å². The minimum absolute atomic E-state index is 0.500. The van der Waals surface area contributed by atoms with Crippen molar-refractivity contribution in [2.45, 2.75) is 12.2 Å². The molecule has 0 saturated heterocycles. The van der Waals surface area contributed by atoms with Crippen molar-refractivity contribution < 1.29 is 15.3 Å². The SMILES string of the molecule is OC[C@@H](O)[C@H](O)c1ccnc(-c2ccc(Cl)cc2)c1. The number of halogens is 1. The Morgan fingerprint density at radius 2 is 1.79 bits per heavy atom. The second-order valence-electron chi connectivity index (χ2n) is 4.18. The Hall–Kier alpha value is -1.46. The highest BCUT2D eigenvalue weighted by Gasteiger charge is 2.17. The maximum absolute atomic E-state index is 9.85. The molecule has 0 aliphatic rings. The average molecular weight is 280 g/mol. The smallest absolute Gasteiger partial charge is 0.107 e. The maximum atomic E-state index is 9.85. The Morgan fingerprint density at radius 3 is 2.42 bits per heavy atom. The summed E-state index contributed by atoms with van der Waals surface area (Å²) in [5.41, 5.74) is 2.02. The maximum Gasteiger partial charge on any atom is 0.107 e. The molecule has 0 aliphatic carbocycles. The molecule has 1 heterocycles. The van der Waals surface area contributed by atoms with E-state index in [0.29, 0.717) is 16.3 Å². The molecule has 1 aromatic carbocycles. The third-order valence-electron chi connectivity index (χ3n) is 2.82. The third-order valence-corrected chi connectivity index (χ3v) is 3.07. The second kappa shape index (κ2) is 6.12. The van der Waals surface area contributed by atoms with Gasteiger partial charge >= 0.3 is 0 Å². The van der Waals surface area contributed by atoms with Crippen molar-refractivity contribution in [1.29, 1.82) is 0 Å². The van der Waals surface area contributed by atoms with Crippen molar-refractivity contribution in [1.82, 2.24) is 4.98 Å². The molecule has 19 heavy (non-hydrogen) atoms.